The van der Waals surface area contributed by atoms with Crippen LogP contribution in [-0.4, -0.2) is 16.2 Å². The molecule has 0 aliphatic carbocycles. The number of aromatic nitrogens is 2. The third-order valence-corrected chi connectivity index (χ3v) is 1.58. The lowest BCUT2D eigenvalue weighted by molar-refractivity contribution is 0.522. The van der Waals surface area contributed by atoms with Crippen molar-refractivity contribution in [2.75, 3.05) is 5.32 Å². The van der Waals surface area contributed by atoms with Crippen molar-refractivity contribution < 1.29 is 4.42 Å². The van der Waals surface area contributed by atoms with Gasteiger partial charge in [0.2, 0.25) is 5.89 Å². The molecule has 4 heteroatoms. The minimum atomic E-state index is -0.00940. The van der Waals surface area contributed by atoms with Crippen molar-refractivity contribution in [2.45, 2.75) is 25.8 Å². The van der Waals surface area contributed by atoms with E-state index in [1.54, 1.807) is 6.92 Å². The van der Waals surface area contributed by atoms with E-state index in [-0.39, 0.29) is 6.04 Å². The SMILES string of the molecule is C#CCC(CC#C)Nc1nnc(C)o1. The number of rotatable bonds is 4. The highest BCUT2D eigenvalue weighted by molar-refractivity contribution is 5.21. The number of nitrogens with one attached hydrogen (secondary N) is 1. The average Bonchev–Trinajstić information content (AvgIpc) is 2.52. The molecule has 0 unspecified atom stereocenters. The van der Waals surface area contributed by atoms with E-state index in [4.69, 9.17) is 17.3 Å². The first-order chi connectivity index (χ1) is 6.76. The van der Waals surface area contributed by atoms with Crippen molar-refractivity contribution in [3.63, 3.8) is 0 Å². The summed E-state index contributed by atoms with van der Waals surface area (Å²) in [5.74, 6) is 5.57. The molecule has 0 saturated carbocycles. The molecule has 14 heavy (non-hydrogen) atoms. The standard InChI is InChI=1S/C10H11N3O/c1-4-6-9(7-5-2)11-10-13-12-8(3)14-10/h1-2,9H,6-7H2,3H3,(H,11,13). The largest absolute Gasteiger partial charge is 0.408 e. The van der Waals surface area contributed by atoms with Gasteiger partial charge in [0.25, 0.3) is 0 Å². The minimum absolute atomic E-state index is 0.00940. The number of hydrogen-bond acceptors (Lipinski definition) is 4. The van der Waals surface area contributed by atoms with E-state index >= 15 is 0 Å². The highest BCUT2D eigenvalue weighted by Gasteiger charge is 2.09. The van der Waals surface area contributed by atoms with Crippen molar-refractivity contribution >= 4 is 6.01 Å². The molecule has 0 aliphatic heterocycles. The molecule has 0 saturated heterocycles. The first kappa shape index (κ1) is 10.1. The molecule has 0 bridgehead atoms. The van der Waals surface area contributed by atoms with Gasteiger partial charge in [0.15, 0.2) is 0 Å². The fraction of sp³-hybridized carbons (Fsp3) is 0.400. The maximum Gasteiger partial charge on any atom is 0.315 e. The quantitative estimate of drug-likeness (QED) is 0.723. The lowest BCUT2D eigenvalue weighted by Gasteiger charge is -2.10. The van der Waals surface area contributed by atoms with Crippen LogP contribution < -0.4 is 5.32 Å². The van der Waals surface area contributed by atoms with Gasteiger partial charge in [0, 0.05) is 19.8 Å². The normalized spacial score (nSPS) is 9.43. The second kappa shape index (κ2) is 4.94. The first-order valence-electron chi connectivity index (χ1n) is 4.20. The van der Waals surface area contributed by atoms with Crippen molar-refractivity contribution in [3.8, 4) is 24.7 Å². The van der Waals surface area contributed by atoms with Crippen LogP contribution >= 0.6 is 0 Å². The Morgan fingerprint density at radius 2 is 2.00 bits per heavy atom. The molecule has 0 aliphatic rings. The third-order valence-electron chi connectivity index (χ3n) is 1.58. The Labute approximate surface area is 83.1 Å². The average molecular weight is 189 g/mol. The van der Waals surface area contributed by atoms with Crippen LogP contribution in [0, 0.1) is 31.6 Å². The van der Waals surface area contributed by atoms with Gasteiger partial charge >= 0.3 is 6.01 Å². The lowest BCUT2D eigenvalue weighted by atomic mass is 10.1. The molecule has 0 amide bonds. The second-order valence-corrected chi connectivity index (χ2v) is 2.78. The predicted octanol–water partition coefficient (Wildman–Crippen LogP) is 1.21. The summed E-state index contributed by atoms with van der Waals surface area (Å²) >= 11 is 0. The third kappa shape index (κ3) is 2.84. The first-order valence-corrected chi connectivity index (χ1v) is 4.20. The molecule has 1 rings (SSSR count). The summed E-state index contributed by atoms with van der Waals surface area (Å²) in [7, 11) is 0. The Hall–Kier alpha value is -1.94. The van der Waals surface area contributed by atoms with Crippen LogP contribution in [0.2, 0.25) is 0 Å². The summed E-state index contributed by atoms with van der Waals surface area (Å²) in [5.41, 5.74) is 0. The number of nitrogens with zero attached hydrogens (tertiary/aromatic N) is 2. The van der Waals surface area contributed by atoms with E-state index in [0.717, 1.165) is 0 Å². The Morgan fingerprint density at radius 3 is 2.43 bits per heavy atom. The van der Waals surface area contributed by atoms with E-state index < -0.39 is 0 Å². The Bertz CT molecular complexity index is 353. The molecule has 1 aromatic rings. The van der Waals surface area contributed by atoms with Crippen molar-refractivity contribution in [3.05, 3.63) is 5.89 Å². The second-order valence-electron chi connectivity index (χ2n) is 2.78. The van der Waals surface area contributed by atoms with Crippen LogP contribution in [0.5, 0.6) is 0 Å². The van der Waals surface area contributed by atoms with Gasteiger partial charge in [-0.1, -0.05) is 5.10 Å². The number of terminal acetylenes is 2. The number of hydrogen-bond donors (Lipinski definition) is 1. The minimum Gasteiger partial charge on any atom is -0.408 e. The molecule has 72 valence electrons. The van der Waals surface area contributed by atoms with Crippen molar-refractivity contribution in [1.29, 1.82) is 0 Å². The summed E-state index contributed by atoms with van der Waals surface area (Å²) in [5, 5.41) is 10.4. The van der Waals surface area contributed by atoms with E-state index in [1.807, 2.05) is 0 Å². The molecule has 0 fully saturated rings. The fourth-order valence-corrected chi connectivity index (χ4v) is 0.988. The van der Waals surface area contributed by atoms with Gasteiger partial charge in [-0.15, -0.1) is 29.8 Å². The zero-order chi connectivity index (χ0) is 10.4. The predicted molar refractivity (Wildman–Crippen MR) is 53.3 cm³/mol. The van der Waals surface area contributed by atoms with E-state index in [1.165, 1.54) is 0 Å². The van der Waals surface area contributed by atoms with Gasteiger partial charge in [-0.2, -0.15) is 0 Å². The zero-order valence-corrected chi connectivity index (χ0v) is 7.95. The Kier molecular flexibility index (Phi) is 3.58. The topological polar surface area (TPSA) is 51.0 Å². The number of aryl methyl sites for hydroxylation is 1. The Balaban J connectivity index is 2.56. The van der Waals surface area contributed by atoms with Crippen LogP contribution in [0.4, 0.5) is 6.01 Å². The molecule has 0 spiro atoms. The Morgan fingerprint density at radius 1 is 1.36 bits per heavy atom. The summed E-state index contributed by atoms with van der Waals surface area (Å²) in [6.07, 6.45) is 11.5. The van der Waals surface area contributed by atoms with Crippen LogP contribution in [0.3, 0.4) is 0 Å². The lowest BCUT2D eigenvalue weighted by Crippen LogP contribution is -2.18. The monoisotopic (exact) mass is 189 g/mol. The highest BCUT2D eigenvalue weighted by Crippen LogP contribution is 2.09. The molecule has 0 atom stereocenters. The van der Waals surface area contributed by atoms with Gasteiger partial charge in [-0.05, 0) is 0 Å². The molecule has 1 N–H and O–H groups in total. The van der Waals surface area contributed by atoms with Crippen LogP contribution in [0.1, 0.15) is 18.7 Å². The van der Waals surface area contributed by atoms with Gasteiger partial charge in [-0.3, -0.25) is 0 Å². The molecular formula is C10H11N3O. The fourth-order valence-electron chi connectivity index (χ4n) is 0.988. The van der Waals surface area contributed by atoms with E-state index in [0.29, 0.717) is 24.7 Å². The van der Waals surface area contributed by atoms with Crippen molar-refractivity contribution in [2.24, 2.45) is 0 Å². The molecule has 1 aromatic heterocycles. The van der Waals surface area contributed by atoms with Crippen LogP contribution in [0.15, 0.2) is 4.42 Å². The summed E-state index contributed by atoms with van der Waals surface area (Å²) in [6.45, 7) is 1.72. The zero-order valence-electron chi connectivity index (χ0n) is 7.95. The molecular weight excluding hydrogens is 178 g/mol. The van der Waals surface area contributed by atoms with Gasteiger partial charge in [0.05, 0.1) is 6.04 Å². The number of anilines is 1. The van der Waals surface area contributed by atoms with E-state index in [2.05, 4.69) is 27.4 Å². The summed E-state index contributed by atoms with van der Waals surface area (Å²) < 4.78 is 5.14. The van der Waals surface area contributed by atoms with Crippen molar-refractivity contribution in [1.82, 2.24) is 10.2 Å². The van der Waals surface area contributed by atoms with Gasteiger partial charge in [0.1, 0.15) is 0 Å². The summed E-state index contributed by atoms with van der Waals surface area (Å²) in [6, 6.07) is 0.350. The maximum atomic E-state index is 5.19. The van der Waals surface area contributed by atoms with Crippen LogP contribution in [-0.2, 0) is 0 Å². The molecule has 0 aromatic carbocycles. The van der Waals surface area contributed by atoms with Gasteiger partial charge < -0.3 is 9.73 Å². The molecule has 0 radical (unpaired) electrons. The summed E-state index contributed by atoms with van der Waals surface area (Å²) in [4.78, 5) is 0. The molecule has 1 heterocycles. The maximum absolute atomic E-state index is 5.19. The van der Waals surface area contributed by atoms with E-state index in [9.17, 15) is 0 Å². The van der Waals surface area contributed by atoms with Crippen LogP contribution in [0.25, 0.3) is 0 Å². The molecule has 4 nitrogen and oxygen atoms in total. The highest BCUT2D eigenvalue weighted by atomic mass is 16.4. The smallest absolute Gasteiger partial charge is 0.315 e. The van der Waals surface area contributed by atoms with Gasteiger partial charge in [-0.25, -0.2) is 0 Å².